The molecule has 6 heteroatoms. The summed E-state index contributed by atoms with van der Waals surface area (Å²) in [5.74, 6) is 3.31. The van der Waals surface area contributed by atoms with E-state index < -0.39 is 0 Å². The van der Waals surface area contributed by atoms with Crippen LogP contribution in [0.5, 0.6) is 11.5 Å². The third-order valence-corrected chi connectivity index (χ3v) is 4.33. The lowest BCUT2D eigenvalue weighted by atomic mass is 9.99. The summed E-state index contributed by atoms with van der Waals surface area (Å²) >= 11 is 0. The van der Waals surface area contributed by atoms with E-state index in [1.165, 1.54) is 12.8 Å². The first-order chi connectivity index (χ1) is 11.2. The Labute approximate surface area is 136 Å². The molecule has 1 fully saturated rings. The first-order valence-electron chi connectivity index (χ1n) is 7.96. The van der Waals surface area contributed by atoms with Gasteiger partial charge in [-0.05, 0) is 50.0 Å². The molecule has 124 valence electrons. The standard InChI is InChI=1S/C17H23N3O3/c1-12-6-8-20(9-7-12)11-16-18-19-17(23-16)13-4-5-14(21-2)15(10-13)22-3/h4-5,10,12H,6-9,11H2,1-3H3. The summed E-state index contributed by atoms with van der Waals surface area (Å²) < 4.78 is 16.4. The van der Waals surface area contributed by atoms with E-state index in [9.17, 15) is 0 Å². The molecule has 0 atom stereocenters. The van der Waals surface area contributed by atoms with Crippen LogP contribution in [0.15, 0.2) is 22.6 Å². The lowest BCUT2D eigenvalue weighted by molar-refractivity contribution is 0.171. The molecule has 0 amide bonds. The Morgan fingerprint density at radius 2 is 1.87 bits per heavy atom. The van der Waals surface area contributed by atoms with Crippen LogP contribution < -0.4 is 9.47 Å². The van der Waals surface area contributed by atoms with E-state index in [1.807, 2.05) is 18.2 Å². The number of aromatic nitrogens is 2. The molecular formula is C17H23N3O3. The normalized spacial score (nSPS) is 16.5. The fraction of sp³-hybridized carbons (Fsp3) is 0.529. The van der Waals surface area contributed by atoms with Gasteiger partial charge in [-0.3, -0.25) is 4.90 Å². The van der Waals surface area contributed by atoms with Crippen molar-refractivity contribution in [2.24, 2.45) is 5.92 Å². The Hall–Kier alpha value is -2.08. The van der Waals surface area contributed by atoms with Crippen LogP contribution in [-0.2, 0) is 6.54 Å². The lowest BCUT2D eigenvalue weighted by Gasteiger charge is -2.28. The molecule has 0 N–H and O–H groups in total. The van der Waals surface area contributed by atoms with E-state index in [0.717, 1.165) is 24.6 Å². The second-order valence-corrected chi connectivity index (χ2v) is 6.03. The second-order valence-electron chi connectivity index (χ2n) is 6.03. The predicted octanol–water partition coefficient (Wildman–Crippen LogP) is 2.99. The second kappa shape index (κ2) is 7.00. The summed E-state index contributed by atoms with van der Waals surface area (Å²) in [5, 5.41) is 8.33. The minimum Gasteiger partial charge on any atom is -0.493 e. The van der Waals surface area contributed by atoms with Gasteiger partial charge < -0.3 is 13.9 Å². The summed E-state index contributed by atoms with van der Waals surface area (Å²) in [4.78, 5) is 2.37. The molecule has 0 spiro atoms. The van der Waals surface area contributed by atoms with Crippen LogP contribution in [-0.4, -0.2) is 42.4 Å². The summed E-state index contributed by atoms with van der Waals surface area (Å²) in [5.41, 5.74) is 0.827. The molecule has 2 heterocycles. The highest BCUT2D eigenvalue weighted by Gasteiger charge is 2.19. The summed E-state index contributed by atoms with van der Waals surface area (Å²) in [6, 6.07) is 5.57. The van der Waals surface area contributed by atoms with Gasteiger partial charge in [0.25, 0.3) is 0 Å². The average molecular weight is 317 g/mol. The maximum atomic E-state index is 5.81. The van der Waals surface area contributed by atoms with Crippen LogP contribution in [0.3, 0.4) is 0 Å². The highest BCUT2D eigenvalue weighted by Crippen LogP contribution is 2.31. The molecule has 1 aliphatic rings. The topological polar surface area (TPSA) is 60.6 Å². The highest BCUT2D eigenvalue weighted by molar-refractivity contribution is 5.59. The molecule has 1 aromatic heterocycles. The van der Waals surface area contributed by atoms with Crippen molar-refractivity contribution < 1.29 is 13.9 Å². The van der Waals surface area contributed by atoms with Crippen LogP contribution in [0, 0.1) is 5.92 Å². The number of hydrogen-bond donors (Lipinski definition) is 0. The SMILES string of the molecule is COc1ccc(-c2nnc(CN3CCC(C)CC3)o2)cc1OC. The third-order valence-electron chi connectivity index (χ3n) is 4.33. The van der Waals surface area contributed by atoms with Gasteiger partial charge in [0.05, 0.1) is 20.8 Å². The van der Waals surface area contributed by atoms with Crippen molar-refractivity contribution in [2.45, 2.75) is 26.3 Å². The Bertz CT molecular complexity index is 648. The number of likely N-dealkylation sites (tertiary alicyclic amines) is 1. The van der Waals surface area contributed by atoms with E-state index in [4.69, 9.17) is 13.9 Å². The van der Waals surface area contributed by atoms with E-state index in [1.54, 1.807) is 14.2 Å². The van der Waals surface area contributed by atoms with Gasteiger partial charge in [-0.25, -0.2) is 0 Å². The van der Waals surface area contributed by atoms with Crippen molar-refractivity contribution in [1.82, 2.24) is 15.1 Å². The largest absolute Gasteiger partial charge is 0.493 e. The highest BCUT2D eigenvalue weighted by atomic mass is 16.5. The van der Waals surface area contributed by atoms with Crippen molar-refractivity contribution in [3.8, 4) is 23.0 Å². The van der Waals surface area contributed by atoms with Gasteiger partial charge in [0, 0.05) is 5.56 Å². The van der Waals surface area contributed by atoms with Gasteiger partial charge in [0.15, 0.2) is 11.5 Å². The minimum absolute atomic E-state index is 0.506. The maximum absolute atomic E-state index is 5.81. The molecular weight excluding hydrogens is 294 g/mol. The van der Waals surface area contributed by atoms with E-state index in [0.29, 0.717) is 29.8 Å². The van der Waals surface area contributed by atoms with Crippen molar-refractivity contribution in [2.75, 3.05) is 27.3 Å². The molecule has 3 rings (SSSR count). The number of piperidine rings is 1. The maximum Gasteiger partial charge on any atom is 0.247 e. The monoisotopic (exact) mass is 317 g/mol. The zero-order valence-electron chi connectivity index (χ0n) is 13.9. The van der Waals surface area contributed by atoms with Crippen molar-refractivity contribution in [3.63, 3.8) is 0 Å². The lowest BCUT2D eigenvalue weighted by Crippen LogP contribution is -2.32. The number of hydrogen-bond acceptors (Lipinski definition) is 6. The molecule has 1 aliphatic heterocycles. The van der Waals surface area contributed by atoms with E-state index in [-0.39, 0.29) is 0 Å². The first-order valence-corrected chi connectivity index (χ1v) is 7.96. The fourth-order valence-corrected chi connectivity index (χ4v) is 2.81. The summed E-state index contributed by atoms with van der Waals surface area (Å²) in [6.45, 7) is 5.21. The van der Waals surface area contributed by atoms with Crippen LogP contribution >= 0.6 is 0 Å². The summed E-state index contributed by atoms with van der Waals surface area (Å²) in [6.07, 6.45) is 2.47. The number of ether oxygens (including phenoxy) is 2. The van der Waals surface area contributed by atoms with Gasteiger partial charge in [0.1, 0.15) is 0 Å². The van der Waals surface area contributed by atoms with Crippen molar-refractivity contribution in [1.29, 1.82) is 0 Å². The Morgan fingerprint density at radius 1 is 1.13 bits per heavy atom. The van der Waals surface area contributed by atoms with Crippen molar-refractivity contribution in [3.05, 3.63) is 24.1 Å². The molecule has 1 aromatic carbocycles. The minimum atomic E-state index is 0.506. The first kappa shape index (κ1) is 15.8. The van der Waals surface area contributed by atoms with Crippen LogP contribution in [0.4, 0.5) is 0 Å². The number of methoxy groups -OCH3 is 2. The molecule has 0 saturated carbocycles. The number of rotatable bonds is 5. The van der Waals surface area contributed by atoms with Gasteiger partial charge >= 0.3 is 0 Å². The number of nitrogens with zero attached hydrogens (tertiary/aromatic N) is 3. The molecule has 2 aromatic rings. The van der Waals surface area contributed by atoms with Gasteiger partial charge in [0.2, 0.25) is 11.8 Å². The van der Waals surface area contributed by atoms with E-state index >= 15 is 0 Å². The number of benzene rings is 1. The predicted molar refractivity (Wildman–Crippen MR) is 86.5 cm³/mol. The van der Waals surface area contributed by atoms with Crippen LogP contribution in [0.1, 0.15) is 25.7 Å². The molecule has 0 unspecified atom stereocenters. The van der Waals surface area contributed by atoms with E-state index in [2.05, 4.69) is 22.0 Å². The van der Waals surface area contributed by atoms with Crippen LogP contribution in [0.25, 0.3) is 11.5 Å². The molecule has 1 saturated heterocycles. The van der Waals surface area contributed by atoms with Crippen molar-refractivity contribution >= 4 is 0 Å². The average Bonchev–Trinajstić information content (AvgIpc) is 3.05. The zero-order valence-corrected chi connectivity index (χ0v) is 13.9. The van der Waals surface area contributed by atoms with Crippen LogP contribution in [0.2, 0.25) is 0 Å². The summed E-state index contributed by atoms with van der Waals surface area (Å²) in [7, 11) is 3.22. The molecule has 0 aliphatic carbocycles. The third kappa shape index (κ3) is 3.64. The Kier molecular flexibility index (Phi) is 4.81. The molecule has 0 radical (unpaired) electrons. The Balaban J connectivity index is 1.71. The smallest absolute Gasteiger partial charge is 0.247 e. The van der Waals surface area contributed by atoms with Gasteiger partial charge in [-0.15, -0.1) is 10.2 Å². The zero-order chi connectivity index (χ0) is 16.2. The van der Waals surface area contributed by atoms with Gasteiger partial charge in [-0.2, -0.15) is 0 Å². The molecule has 23 heavy (non-hydrogen) atoms. The quantitative estimate of drug-likeness (QED) is 0.845. The fourth-order valence-electron chi connectivity index (χ4n) is 2.81. The molecule has 0 bridgehead atoms. The molecule has 6 nitrogen and oxygen atoms in total. The van der Waals surface area contributed by atoms with Gasteiger partial charge in [-0.1, -0.05) is 6.92 Å². The Morgan fingerprint density at radius 3 is 2.57 bits per heavy atom.